The van der Waals surface area contributed by atoms with Crippen molar-refractivity contribution in [2.24, 2.45) is 0 Å². The van der Waals surface area contributed by atoms with Gasteiger partial charge >= 0.3 is 0 Å². The van der Waals surface area contributed by atoms with Crippen LogP contribution in [0.15, 0.2) is 35.9 Å². The zero-order valence-corrected chi connectivity index (χ0v) is 13.6. The summed E-state index contributed by atoms with van der Waals surface area (Å²) in [6, 6.07) is 3.47. The van der Waals surface area contributed by atoms with Crippen molar-refractivity contribution in [3.05, 3.63) is 42.0 Å². The summed E-state index contributed by atoms with van der Waals surface area (Å²) in [5.41, 5.74) is 1.66. The quantitative estimate of drug-likeness (QED) is 0.852. The molecule has 2 heterocycles. The molecule has 0 aliphatic heterocycles. The van der Waals surface area contributed by atoms with E-state index in [9.17, 15) is 8.42 Å². The van der Waals surface area contributed by atoms with E-state index in [0.717, 1.165) is 11.3 Å². The largest absolute Gasteiger partial charge is 0.316 e. The predicted octanol–water partition coefficient (Wildman–Crippen LogP) is 2.96. The van der Waals surface area contributed by atoms with Gasteiger partial charge in [0.05, 0.1) is 5.75 Å². The number of sulfone groups is 1. The Kier molecular flexibility index (Phi) is 4.46. The lowest BCUT2D eigenvalue weighted by molar-refractivity contribution is 0.495. The molecule has 0 radical (unpaired) electrons. The van der Waals surface area contributed by atoms with Crippen LogP contribution in [0.5, 0.6) is 0 Å². The maximum absolute atomic E-state index is 12.7. The summed E-state index contributed by atoms with van der Waals surface area (Å²) in [6.07, 6.45) is 4.86. The molecule has 0 aliphatic rings. The first kappa shape index (κ1) is 15.7. The first-order chi connectivity index (χ1) is 9.83. The lowest BCUT2D eigenvalue weighted by Gasteiger charge is -2.17. The second-order valence-corrected chi connectivity index (χ2v) is 7.58. The monoisotopic (exact) mass is 307 g/mol. The minimum Gasteiger partial charge on any atom is -0.316 e. The molecule has 0 amide bonds. The summed E-state index contributed by atoms with van der Waals surface area (Å²) >= 11 is 0. The number of hydrogen-bond acceptors (Lipinski definition) is 4. The molecule has 0 saturated carbocycles. The Balaban J connectivity index is 2.46. The van der Waals surface area contributed by atoms with E-state index in [1.807, 2.05) is 32.3 Å². The summed E-state index contributed by atoms with van der Waals surface area (Å²) in [5, 5.41) is 0.151. The van der Waals surface area contributed by atoms with Crippen LogP contribution in [0.25, 0.3) is 0 Å². The number of aromatic nitrogens is 3. The zero-order valence-electron chi connectivity index (χ0n) is 12.8. The average Bonchev–Trinajstić information content (AvgIpc) is 2.85. The topological polar surface area (TPSA) is 64.8 Å². The van der Waals surface area contributed by atoms with Gasteiger partial charge in [0.25, 0.3) is 0 Å². The van der Waals surface area contributed by atoms with Gasteiger partial charge in [0.2, 0.25) is 15.0 Å². The third kappa shape index (κ3) is 3.32. The number of imidazole rings is 1. The standard InChI is InChI=1S/C15H21N3O2S/c1-11(2)14-9-17-15(18(14)12(3)4)21(19,20)10-13-5-7-16-8-6-13/h5-9,11-12H,10H2,1-4H3. The fourth-order valence-corrected chi connectivity index (χ4v) is 3.89. The average molecular weight is 307 g/mol. The lowest BCUT2D eigenvalue weighted by atomic mass is 10.1. The van der Waals surface area contributed by atoms with Crippen molar-refractivity contribution in [3.63, 3.8) is 0 Å². The van der Waals surface area contributed by atoms with Crippen LogP contribution in [0, 0.1) is 0 Å². The highest BCUT2D eigenvalue weighted by Crippen LogP contribution is 2.25. The molecular formula is C15H21N3O2S. The van der Waals surface area contributed by atoms with Gasteiger partial charge < -0.3 is 4.57 Å². The molecule has 0 bridgehead atoms. The van der Waals surface area contributed by atoms with Gasteiger partial charge in [-0.1, -0.05) is 13.8 Å². The van der Waals surface area contributed by atoms with Crippen LogP contribution in [0.1, 0.15) is 50.9 Å². The predicted molar refractivity (Wildman–Crippen MR) is 81.8 cm³/mol. The Morgan fingerprint density at radius 1 is 1.14 bits per heavy atom. The van der Waals surface area contributed by atoms with Gasteiger partial charge in [0.15, 0.2) is 0 Å². The van der Waals surface area contributed by atoms with Gasteiger partial charge in [-0.15, -0.1) is 0 Å². The van der Waals surface area contributed by atoms with Gasteiger partial charge in [0.1, 0.15) is 0 Å². The van der Waals surface area contributed by atoms with Crippen molar-refractivity contribution < 1.29 is 8.42 Å². The Bertz CT molecular complexity index is 704. The molecule has 2 aromatic heterocycles. The minimum atomic E-state index is -3.48. The summed E-state index contributed by atoms with van der Waals surface area (Å²) in [6.45, 7) is 8.02. The van der Waals surface area contributed by atoms with Crippen molar-refractivity contribution in [1.82, 2.24) is 14.5 Å². The third-order valence-corrected chi connectivity index (χ3v) is 4.86. The van der Waals surface area contributed by atoms with Crippen molar-refractivity contribution >= 4 is 9.84 Å². The summed E-state index contributed by atoms with van der Waals surface area (Å²) in [4.78, 5) is 8.09. The van der Waals surface area contributed by atoms with E-state index in [1.165, 1.54) is 0 Å². The molecule has 0 fully saturated rings. The van der Waals surface area contributed by atoms with Gasteiger partial charge in [-0.3, -0.25) is 4.98 Å². The molecule has 114 valence electrons. The first-order valence-corrected chi connectivity index (χ1v) is 8.67. The number of rotatable bonds is 5. The van der Waals surface area contributed by atoms with E-state index in [1.54, 1.807) is 30.7 Å². The molecule has 0 aliphatic carbocycles. The molecule has 0 aromatic carbocycles. The van der Waals surface area contributed by atoms with Crippen LogP contribution in [-0.4, -0.2) is 23.0 Å². The van der Waals surface area contributed by atoms with Crippen molar-refractivity contribution in [2.75, 3.05) is 0 Å². The molecular weight excluding hydrogens is 286 g/mol. The van der Waals surface area contributed by atoms with Gasteiger partial charge in [-0.25, -0.2) is 13.4 Å². The Morgan fingerprint density at radius 2 is 1.76 bits per heavy atom. The fraction of sp³-hybridized carbons (Fsp3) is 0.467. The molecule has 2 aromatic rings. The van der Waals surface area contributed by atoms with Gasteiger partial charge in [-0.2, -0.15) is 0 Å². The normalized spacial score (nSPS) is 12.3. The third-order valence-electron chi connectivity index (χ3n) is 3.28. The summed E-state index contributed by atoms with van der Waals surface area (Å²) < 4.78 is 27.1. The molecule has 0 N–H and O–H groups in total. The van der Waals surface area contributed by atoms with Crippen LogP contribution in [0.2, 0.25) is 0 Å². The molecule has 5 nitrogen and oxygen atoms in total. The minimum absolute atomic E-state index is 0.0483. The van der Waals surface area contributed by atoms with Crippen LogP contribution >= 0.6 is 0 Å². The lowest BCUT2D eigenvalue weighted by Crippen LogP contribution is -2.16. The second-order valence-electron chi connectivity index (χ2n) is 5.70. The number of nitrogens with zero attached hydrogens (tertiary/aromatic N) is 3. The van der Waals surface area contributed by atoms with Crippen molar-refractivity contribution in [1.29, 1.82) is 0 Å². The van der Waals surface area contributed by atoms with E-state index >= 15 is 0 Å². The number of hydrogen-bond donors (Lipinski definition) is 0. The Labute approximate surface area is 126 Å². The second kappa shape index (κ2) is 5.97. The van der Waals surface area contributed by atoms with Crippen LogP contribution in [-0.2, 0) is 15.6 Å². The van der Waals surface area contributed by atoms with E-state index in [4.69, 9.17) is 0 Å². The maximum atomic E-state index is 12.7. The molecule has 0 saturated heterocycles. The van der Waals surface area contributed by atoms with E-state index < -0.39 is 9.84 Å². The molecule has 21 heavy (non-hydrogen) atoms. The zero-order chi connectivity index (χ0) is 15.6. The highest BCUT2D eigenvalue weighted by molar-refractivity contribution is 7.90. The maximum Gasteiger partial charge on any atom is 0.228 e. The molecule has 6 heteroatoms. The summed E-state index contributed by atoms with van der Waals surface area (Å²) in [7, 11) is -3.48. The Morgan fingerprint density at radius 3 is 2.29 bits per heavy atom. The van der Waals surface area contributed by atoms with Gasteiger partial charge in [0, 0.05) is 30.3 Å². The molecule has 0 unspecified atom stereocenters. The fourth-order valence-electron chi connectivity index (χ4n) is 2.30. The van der Waals surface area contributed by atoms with Crippen LogP contribution < -0.4 is 0 Å². The summed E-state index contributed by atoms with van der Waals surface area (Å²) in [5.74, 6) is 0.168. The van der Waals surface area contributed by atoms with Crippen LogP contribution in [0.4, 0.5) is 0 Å². The first-order valence-electron chi connectivity index (χ1n) is 7.01. The number of pyridine rings is 1. The van der Waals surface area contributed by atoms with E-state index in [0.29, 0.717) is 0 Å². The molecule has 2 rings (SSSR count). The highest BCUT2D eigenvalue weighted by atomic mass is 32.2. The smallest absolute Gasteiger partial charge is 0.228 e. The SMILES string of the molecule is CC(C)c1cnc(S(=O)(=O)Cc2ccncc2)n1C(C)C. The van der Waals surface area contributed by atoms with Gasteiger partial charge in [-0.05, 0) is 37.5 Å². The Hall–Kier alpha value is -1.69. The molecule has 0 atom stereocenters. The van der Waals surface area contributed by atoms with Crippen LogP contribution in [0.3, 0.4) is 0 Å². The van der Waals surface area contributed by atoms with E-state index in [2.05, 4.69) is 9.97 Å². The van der Waals surface area contributed by atoms with Crippen molar-refractivity contribution in [2.45, 2.75) is 50.6 Å². The van der Waals surface area contributed by atoms with Crippen molar-refractivity contribution in [3.8, 4) is 0 Å². The molecule has 0 spiro atoms. The van der Waals surface area contributed by atoms with E-state index in [-0.39, 0.29) is 22.9 Å². The highest BCUT2D eigenvalue weighted by Gasteiger charge is 2.25.